The maximum Gasteiger partial charge on any atom is 0.229 e. The van der Waals surface area contributed by atoms with Crippen molar-refractivity contribution in [3.63, 3.8) is 0 Å². The van der Waals surface area contributed by atoms with E-state index in [1.807, 2.05) is 19.1 Å². The highest BCUT2D eigenvalue weighted by atomic mass is 79.9. The summed E-state index contributed by atoms with van der Waals surface area (Å²) in [4.78, 5) is 12.4. The number of sulfonamides is 1. The number of anilines is 1. The third kappa shape index (κ3) is 4.15. The van der Waals surface area contributed by atoms with Crippen LogP contribution in [0.5, 0.6) is 0 Å². The molecule has 0 saturated carbocycles. The van der Waals surface area contributed by atoms with Gasteiger partial charge in [0.25, 0.3) is 0 Å². The Balaban J connectivity index is 2.25. The van der Waals surface area contributed by atoms with Gasteiger partial charge in [0.1, 0.15) is 0 Å². The van der Waals surface area contributed by atoms with Crippen LogP contribution >= 0.6 is 15.9 Å². The first-order valence-electron chi connectivity index (χ1n) is 6.15. The van der Waals surface area contributed by atoms with Crippen LogP contribution in [0.15, 0.2) is 46.9 Å². The second-order valence-corrected chi connectivity index (χ2v) is 7.35. The number of hydrogen-bond acceptors (Lipinski definition) is 3. The highest BCUT2D eigenvalue weighted by Crippen LogP contribution is 2.20. The van der Waals surface area contributed by atoms with Gasteiger partial charge in [0.15, 0.2) is 5.78 Å². The summed E-state index contributed by atoms with van der Waals surface area (Å²) in [6.07, 6.45) is 1.08. The Hall–Kier alpha value is -1.66. The Morgan fingerprint density at radius 2 is 1.62 bits per heavy atom. The van der Waals surface area contributed by atoms with E-state index >= 15 is 0 Å². The molecule has 2 aromatic rings. The smallest absolute Gasteiger partial charge is 0.229 e. The molecule has 0 spiro atoms. The molecule has 0 radical (unpaired) electrons. The summed E-state index contributed by atoms with van der Waals surface area (Å²) in [5.74, 6) is -0.100. The number of aryl methyl sites for hydroxylation is 1. The summed E-state index contributed by atoms with van der Waals surface area (Å²) in [5, 5.41) is 0. The molecule has 0 heterocycles. The number of benzene rings is 2. The summed E-state index contributed by atoms with van der Waals surface area (Å²) in [5.41, 5.74) is 2.52. The molecule has 2 aromatic carbocycles. The first-order chi connectivity index (χ1) is 9.76. The van der Waals surface area contributed by atoms with Crippen molar-refractivity contribution in [2.45, 2.75) is 6.92 Å². The highest BCUT2D eigenvalue weighted by Gasteiger charge is 2.10. The van der Waals surface area contributed by atoms with Crippen molar-refractivity contribution in [2.24, 2.45) is 0 Å². The van der Waals surface area contributed by atoms with Crippen molar-refractivity contribution < 1.29 is 13.2 Å². The average molecular weight is 368 g/mol. The molecule has 0 aliphatic rings. The zero-order valence-electron chi connectivity index (χ0n) is 11.6. The van der Waals surface area contributed by atoms with Gasteiger partial charge >= 0.3 is 0 Å². The van der Waals surface area contributed by atoms with E-state index in [1.165, 1.54) is 0 Å². The van der Waals surface area contributed by atoms with Gasteiger partial charge < -0.3 is 0 Å². The molecule has 110 valence electrons. The summed E-state index contributed by atoms with van der Waals surface area (Å²) >= 11 is 3.40. The summed E-state index contributed by atoms with van der Waals surface area (Å²) in [7, 11) is -3.31. The second-order valence-electron chi connectivity index (χ2n) is 4.74. The molecule has 0 aromatic heterocycles. The largest absolute Gasteiger partial charge is 0.289 e. The second kappa shape index (κ2) is 5.99. The van der Waals surface area contributed by atoms with Gasteiger partial charge in [0.2, 0.25) is 10.0 Å². The number of carbonyl (C=O) groups is 1. The molecule has 1 N–H and O–H groups in total. The van der Waals surface area contributed by atoms with E-state index in [2.05, 4.69) is 20.7 Å². The fourth-order valence-corrected chi connectivity index (χ4v) is 2.67. The first-order valence-corrected chi connectivity index (χ1v) is 8.83. The molecule has 2 rings (SSSR count). The normalized spacial score (nSPS) is 11.2. The molecular formula is C15H14BrNO3S. The van der Waals surface area contributed by atoms with Crippen LogP contribution < -0.4 is 4.72 Å². The average Bonchev–Trinajstić information content (AvgIpc) is 2.40. The van der Waals surface area contributed by atoms with Crippen molar-refractivity contribution in [1.29, 1.82) is 0 Å². The molecule has 4 nitrogen and oxygen atoms in total. The van der Waals surface area contributed by atoms with Crippen LogP contribution in [0.1, 0.15) is 21.5 Å². The minimum Gasteiger partial charge on any atom is -0.289 e. The minimum absolute atomic E-state index is 0.100. The zero-order chi connectivity index (χ0) is 15.6. The number of rotatable bonds is 4. The van der Waals surface area contributed by atoms with Crippen LogP contribution in [-0.4, -0.2) is 20.5 Å². The third-order valence-corrected chi connectivity index (χ3v) is 4.37. The van der Waals surface area contributed by atoms with Crippen LogP contribution in [-0.2, 0) is 10.0 Å². The van der Waals surface area contributed by atoms with Gasteiger partial charge in [-0.2, -0.15) is 0 Å². The minimum atomic E-state index is -3.31. The number of halogens is 1. The van der Waals surface area contributed by atoms with Crippen molar-refractivity contribution in [1.82, 2.24) is 0 Å². The molecule has 0 fully saturated rings. The quantitative estimate of drug-likeness (QED) is 0.842. The van der Waals surface area contributed by atoms with Crippen LogP contribution in [0.3, 0.4) is 0 Å². The molecule has 0 bridgehead atoms. The highest BCUT2D eigenvalue weighted by molar-refractivity contribution is 9.10. The summed E-state index contributed by atoms with van der Waals surface area (Å²) in [6.45, 7) is 1.92. The Labute approximate surface area is 132 Å². The van der Waals surface area contributed by atoms with E-state index in [1.54, 1.807) is 30.3 Å². The standard InChI is InChI=1S/C15H14BrNO3S/c1-10-9-12(5-8-14(10)16)15(18)11-3-6-13(7-4-11)17-21(2,19)20/h3-9,17H,1-2H3. The van der Waals surface area contributed by atoms with Crippen molar-refractivity contribution in [3.8, 4) is 0 Å². The number of nitrogens with one attached hydrogen (secondary N) is 1. The summed E-state index contributed by atoms with van der Waals surface area (Å²) in [6, 6.07) is 11.7. The van der Waals surface area contributed by atoms with E-state index in [9.17, 15) is 13.2 Å². The van der Waals surface area contributed by atoms with E-state index in [0.717, 1.165) is 16.3 Å². The lowest BCUT2D eigenvalue weighted by molar-refractivity contribution is 0.103. The fraction of sp³-hybridized carbons (Fsp3) is 0.133. The molecule has 0 saturated heterocycles. The Morgan fingerprint density at radius 1 is 1.05 bits per heavy atom. The maximum atomic E-state index is 12.4. The Kier molecular flexibility index (Phi) is 4.49. The number of hydrogen-bond donors (Lipinski definition) is 1. The molecule has 0 unspecified atom stereocenters. The first kappa shape index (κ1) is 15.7. The van der Waals surface area contributed by atoms with Crippen LogP contribution in [0.4, 0.5) is 5.69 Å². The van der Waals surface area contributed by atoms with Gasteiger partial charge in [-0.05, 0) is 55.0 Å². The monoisotopic (exact) mass is 367 g/mol. The van der Waals surface area contributed by atoms with Gasteiger partial charge in [0.05, 0.1) is 6.26 Å². The molecule has 0 aliphatic heterocycles. The molecule has 6 heteroatoms. The molecule has 21 heavy (non-hydrogen) atoms. The third-order valence-electron chi connectivity index (χ3n) is 2.87. The lowest BCUT2D eigenvalue weighted by Crippen LogP contribution is -2.09. The molecular weight excluding hydrogens is 354 g/mol. The molecule has 0 aliphatic carbocycles. The van der Waals surface area contributed by atoms with Gasteiger partial charge in [-0.3, -0.25) is 9.52 Å². The summed E-state index contributed by atoms with van der Waals surface area (Å²) < 4.78 is 25.6. The Morgan fingerprint density at radius 3 is 2.14 bits per heavy atom. The van der Waals surface area contributed by atoms with E-state index in [0.29, 0.717) is 16.8 Å². The van der Waals surface area contributed by atoms with Crippen molar-refractivity contribution in [2.75, 3.05) is 11.0 Å². The SMILES string of the molecule is Cc1cc(C(=O)c2ccc(NS(C)(=O)=O)cc2)ccc1Br. The number of ketones is 1. The lowest BCUT2D eigenvalue weighted by Gasteiger charge is -2.06. The topological polar surface area (TPSA) is 63.2 Å². The fourth-order valence-electron chi connectivity index (χ4n) is 1.86. The van der Waals surface area contributed by atoms with Crippen molar-refractivity contribution >= 4 is 37.4 Å². The Bertz CT molecular complexity index is 783. The molecule has 0 amide bonds. The van der Waals surface area contributed by atoms with Crippen LogP contribution in [0.2, 0.25) is 0 Å². The number of carbonyl (C=O) groups excluding carboxylic acids is 1. The van der Waals surface area contributed by atoms with E-state index < -0.39 is 10.0 Å². The van der Waals surface area contributed by atoms with Crippen LogP contribution in [0, 0.1) is 6.92 Å². The predicted molar refractivity (Wildman–Crippen MR) is 87.2 cm³/mol. The van der Waals surface area contributed by atoms with Gasteiger partial charge in [-0.15, -0.1) is 0 Å². The predicted octanol–water partition coefficient (Wildman–Crippen LogP) is 3.36. The van der Waals surface area contributed by atoms with Gasteiger partial charge in [-0.25, -0.2) is 8.42 Å². The van der Waals surface area contributed by atoms with E-state index in [4.69, 9.17) is 0 Å². The zero-order valence-corrected chi connectivity index (χ0v) is 14.0. The van der Waals surface area contributed by atoms with E-state index in [-0.39, 0.29) is 5.78 Å². The van der Waals surface area contributed by atoms with Crippen LogP contribution in [0.25, 0.3) is 0 Å². The van der Waals surface area contributed by atoms with Gasteiger partial charge in [0, 0.05) is 21.3 Å². The maximum absolute atomic E-state index is 12.4. The van der Waals surface area contributed by atoms with Crippen molar-refractivity contribution in [3.05, 3.63) is 63.6 Å². The lowest BCUT2D eigenvalue weighted by atomic mass is 10.0. The molecule has 0 atom stereocenters. The van der Waals surface area contributed by atoms with Gasteiger partial charge in [-0.1, -0.05) is 15.9 Å².